The number of benzene rings is 6. The van der Waals surface area contributed by atoms with Crippen molar-refractivity contribution < 1.29 is 4.42 Å². The van der Waals surface area contributed by atoms with Crippen molar-refractivity contribution in [3.05, 3.63) is 126 Å². The molecule has 0 aliphatic rings. The molecule has 0 fully saturated rings. The SMILES string of the molecule is CCc1cc(-c2c3ccccc3c(-c3ccccc3)c3ccccc23)c(CC)cc1-c1nc2ccccc2o1. The van der Waals surface area contributed by atoms with Crippen molar-refractivity contribution in [2.45, 2.75) is 26.7 Å². The van der Waals surface area contributed by atoms with E-state index in [0.29, 0.717) is 5.89 Å². The summed E-state index contributed by atoms with van der Waals surface area (Å²) in [5, 5.41) is 5.11. The summed E-state index contributed by atoms with van der Waals surface area (Å²) < 4.78 is 6.24. The highest BCUT2D eigenvalue weighted by molar-refractivity contribution is 6.21. The summed E-state index contributed by atoms with van der Waals surface area (Å²) in [4.78, 5) is 4.85. The van der Waals surface area contributed by atoms with Crippen LogP contribution in [0, 0.1) is 0 Å². The maximum absolute atomic E-state index is 6.24. The summed E-state index contributed by atoms with van der Waals surface area (Å²) in [5.41, 5.74) is 10.5. The van der Waals surface area contributed by atoms with E-state index in [9.17, 15) is 0 Å². The molecular weight excluding hydrogens is 474 g/mol. The smallest absolute Gasteiger partial charge is 0.227 e. The zero-order chi connectivity index (χ0) is 26.3. The third-order valence-corrected chi connectivity index (χ3v) is 7.88. The van der Waals surface area contributed by atoms with Gasteiger partial charge in [-0.05, 0) is 86.0 Å². The number of aromatic nitrogens is 1. The number of rotatable bonds is 5. The highest BCUT2D eigenvalue weighted by atomic mass is 16.3. The number of para-hydroxylation sites is 2. The van der Waals surface area contributed by atoms with Crippen LogP contribution in [0.25, 0.3) is 66.4 Å². The number of oxazole rings is 1. The van der Waals surface area contributed by atoms with Gasteiger partial charge in [0, 0.05) is 5.56 Å². The predicted molar refractivity (Wildman–Crippen MR) is 164 cm³/mol. The van der Waals surface area contributed by atoms with Crippen LogP contribution in [0.5, 0.6) is 0 Å². The van der Waals surface area contributed by atoms with Crippen LogP contribution >= 0.6 is 0 Å². The van der Waals surface area contributed by atoms with Crippen molar-refractivity contribution >= 4 is 32.6 Å². The first-order valence-corrected chi connectivity index (χ1v) is 13.8. The normalized spacial score (nSPS) is 11.5. The number of aryl methyl sites for hydroxylation is 2. The van der Waals surface area contributed by atoms with Crippen LogP contribution in [0.4, 0.5) is 0 Å². The molecule has 0 atom stereocenters. The van der Waals surface area contributed by atoms with Crippen molar-refractivity contribution in [2.24, 2.45) is 0 Å². The third-order valence-electron chi connectivity index (χ3n) is 7.88. The van der Waals surface area contributed by atoms with Crippen LogP contribution in [0.1, 0.15) is 25.0 Å². The molecular formula is C37H29NO. The van der Waals surface area contributed by atoms with E-state index in [1.165, 1.54) is 54.9 Å². The van der Waals surface area contributed by atoms with Crippen LogP contribution in [0.2, 0.25) is 0 Å². The molecule has 0 unspecified atom stereocenters. The Bertz CT molecular complexity index is 1890. The van der Waals surface area contributed by atoms with E-state index in [2.05, 4.69) is 105 Å². The monoisotopic (exact) mass is 503 g/mol. The summed E-state index contributed by atoms with van der Waals surface area (Å²) >= 11 is 0. The van der Waals surface area contributed by atoms with Crippen molar-refractivity contribution in [2.75, 3.05) is 0 Å². The van der Waals surface area contributed by atoms with Crippen molar-refractivity contribution in [3.8, 4) is 33.7 Å². The van der Waals surface area contributed by atoms with E-state index in [0.717, 1.165) is 29.5 Å². The van der Waals surface area contributed by atoms with Gasteiger partial charge in [0.1, 0.15) is 5.52 Å². The van der Waals surface area contributed by atoms with Gasteiger partial charge in [-0.2, -0.15) is 0 Å². The molecule has 0 spiro atoms. The van der Waals surface area contributed by atoms with E-state index in [1.54, 1.807) is 0 Å². The molecule has 2 nitrogen and oxygen atoms in total. The Hall–Kier alpha value is -4.69. The zero-order valence-electron chi connectivity index (χ0n) is 22.2. The van der Waals surface area contributed by atoms with E-state index in [-0.39, 0.29) is 0 Å². The molecule has 0 saturated heterocycles. The summed E-state index contributed by atoms with van der Waals surface area (Å²) in [6.45, 7) is 4.45. The molecule has 1 heterocycles. The van der Waals surface area contributed by atoms with Gasteiger partial charge in [0.05, 0.1) is 0 Å². The molecule has 6 aromatic carbocycles. The molecule has 0 amide bonds. The van der Waals surface area contributed by atoms with Crippen LogP contribution in [0.15, 0.2) is 120 Å². The Kier molecular flexibility index (Phi) is 5.74. The minimum absolute atomic E-state index is 0.698. The Morgan fingerprint density at radius 3 is 1.67 bits per heavy atom. The lowest BCUT2D eigenvalue weighted by Crippen LogP contribution is -1.98. The van der Waals surface area contributed by atoms with Crippen molar-refractivity contribution in [1.82, 2.24) is 4.98 Å². The quantitative estimate of drug-likeness (QED) is 0.218. The molecule has 0 aliphatic carbocycles. The summed E-state index contributed by atoms with van der Waals surface area (Å²) in [7, 11) is 0. The minimum atomic E-state index is 0.698. The van der Waals surface area contributed by atoms with E-state index < -0.39 is 0 Å². The zero-order valence-corrected chi connectivity index (χ0v) is 22.2. The molecule has 188 valence electrons. The highest BCUT2D eigenvalue weighted by Crippen LogP contribution is 2.45. The average Bonchev–Trinajstić information content (AvgIpc) is 3.44. The lowest BCUT2D eigenvalue weighted by atomic mass is 9.83. The van der Waals surface area contributed by atoms with Gasteiger partial charge in [0.15, 0.2) is 5.58 Å². The second-order valence-electron chi connectivity index (χ2n) is 10.1. The minimum Gasteiger partial charge on any atom is -0.436 e. The Labute approximate surface area is 228 Å². The topological polar surface area (TPSA) is 26.0 Å². The lowest BCUT2D eigenvalue weighted by molar-refractivity contribution is 0.618. The molecule has 0 bridgehead atoms. The first-order valence-electron chi connectivity index (χ1n) is 13.8. The Balaban J connectivity index is 1.55. The number of nitrogens with zero attached hydrogens (tertiary/aromatic N) is 1. The van der Waals surface area contributed by atoms with E-state index in [4.69, 9.17) is 9.40 Å². The summed E-state index contributed by atoms with van der Waals surface area (Å²) in [6.07, 6.45) is 1.80. The molecule has 7 aromatic rings. The molecule has 1 aromatic heterocycles. The summed E-state index contributed by atoms with van der Waals surface area (Å²) in [5.74, 6) is 0.698. The average molecular weight is 504 g/mol. The molecule has 39 heavy (non-hydrogen) atoms. The van der Waals surface area contributed by atoms with Gasteiger partial charge in [-0.1, -0.05) is 111 Å². The molecule has 2 heteroatoms. The first kappa shape index (κ1) is 23.4. The molecule has 7 rings (SSSR count). The van der Waals surface area contributed by atoms with Gasteiger partial charge in [-0.15, -0.1) is 0 Å². The fourth-order valence-corrected chi connectivity index (χ4v) is 6.03. The molecule has 0 N–H and O–H groups in total. The van der Waals surface area contributed by atoms with Crippen LogP contribution in [0.3, 0.4) is 0 Å². The number of hydrogen-bond donors (Lipinski definition) is 0. The van der Waals surface area contributed by atoms with Crippen LogP contribution in [-0.2, 0) is 12.8 Å². The molecule has 0 saturated carbocycles. The van der Waals surface area contributed by atoms with Gasteiger partial charge in [-0.3, -0.25) is 0 Å². The van der Waals surface area contributed by atoms with Gasteiger partial charge in [0.25, 0.3) is 0 Å². The first-order chi connectivity index (χ1) is 19.3. The van der Waals surface area contributed by atoms with E-state index >= 15 is 0 Å². The Morgan fingerprint density at radius 2 is 1.05 bits per heavy atom. The summed E-state index contributed by atoms with van der Waals surface area (Å²) in [6, 6.07) is 41.2. The second kappa shape index (κ2) is 9.56. The standard InChI is InChI=1S/C37H29NO/c1-3-24-23-32(37-38-33-20-12-13-21-34(33)39-37)25(4-2)22-31(24)36-29-18-10-8-16-27(29)35(26-14-6-5-7-15-26)28-17-9-11-19-30(28)36/h5-23H,3-4H2,1-2H3. The Morgan fingerprint density at radius 1 is 0.538 bits per heavy atom. The fraction of sp³-hybridized carbons (Fsp3) is 0.108. The molecule has 0 aliphatic heterocycles. The van der Waals surface area contributed by atoms with Gasteiger partial charge >= 0.3 is 0 Å². The number of hydrogen-bond acceptors (Lipinski definition) is 2. The van der Waals surface area contributed by atoms with Gasteiger partial charge in [-0.25, -0.2) is 4.98 Å². The van der Waals surface area contributed by atoms with Gasteiger partial charge < -0.3 is 4.42 Å². The van der Waals surface area contributed by atoms with Crippen LogP contribution in [-0.4, -0.2) is 4.98 Å². The second-order valence-corrected chi connectivity index (χ2v) is 10.1. The third kappa shape index (κ3) is 3.83. The molecule has 0 radical (unpaired) electrons. The van der Waals surface area contributed by atoms with E-state index in [1.807, 2.05) is 24.3 Å². The number of fused-ring (bicyclic) bond motifs is 3. The highest BCUT2D eigenvalue weighted by Gasteiger charge is 2.21. The lowest BCUT2D eigenvalue weighted by Gasteiger charge is -2.20. The van der Waals surface area contributed by atoms with Crippen molar-refractivity contribution in [1.29, 1.82) is 0 Å². The van der Waals surface area contributed by atoms with Gasteiger partial charge in [0.2, 0.25) is 5.89 Å². The maximum Gasteiger partial charge on any atom is 0.227 e. The maximum atomic E-state index is 6.24. The largest absolute Gasteiger partial charge is 0.436 e. The fourth-order valence-electron chi connectivity index (χ4n) is 6.03. The predicted octanol–water partition coefficient (Wildman–Crippen LogP) is 10.3. The van der Waals surface area contributed by atoms with Crippen LogP contribution < -0.4 is 0 Å². The van der Waals surface area contributed by atoms with Crippen molar-refractivity contribution in [3.63, 3.8) is 0 Å².